The number of aryl methyl sites for hydroxylation is 1. The maximum Gasteiger partial charge on any atom is 0.266 e. The van der Waals surface area contributed by atoms with Gasteiger partial charge in [-0.05, 0) is 49.7 Å². The van der Waals surface area contributed by atoms with Crippen LogP contribution in [0.1, 0.15) is 19.8 Å². The molecule has 0 bridgehead atoms. The van der Waals surface area contributed by atoms with Crippen LogP contribution in [0.3, 0.4) is 0 Å². The van der Waals surface area contributed by atoms with Crippen LogP contribution >= 0.6 is 0 Å². The van der Waals surface area contributed by atoms with E-state index in [1.54, 1.807) is 0 Å². The molecule has 4 rings (SSSR count). The molecule has 34 heavy (non-hydrogen) atoms. The molecule has 1 amide bonds. The molecule has 0 saturated carbocycles. The van der Waals surface area contributed by atoms with Gasteiger partial charge in [0.05, 0.1) is 0 Å². The summed E-state index contributed by atoms with van der Waals surface area (Å²) in [6.45, 7) is 4.55. The van der Waals surface area contributed by atoms with Gasteiger partial charge in [-0.3, -0.25) is 14.2 Å². The Balaban J connectivity index is 1.33. The number of rotatable bonds is 10. The summed E-state index contributed by atoms with van der Waals surface area (Å²) in [4.78, 5) is 31.7. The van der Waals surface area contributed by atoms with Crippen LogP contribution in [0.2, 0.25) is 0 Å². The summed E-state index contributed by atoms with van der Waals surface area (Å²) >= 11 is 0. The number of hydrogen-bond acceptors (Lipinski definition) is 6. The third kappa shape index (κ3) is 5.31. The highest BCUT2D eigenvalue weighted by atomic mass is 19.1. The van der Waals surface area contributed by atoms with Crippen LogP contribution in [0, 0.1) is 5.82 Å². The Morgan fingerprint density at radius 2 is 1.91 bits per heavy atom. The molecule has 0 radical (unpaired) electrons. The topological polar surface area (TPSA) is 93.3 Å². The normalized spacial score (nSPS) is 11.0. The van der Waals surface area contributed by atoms with E-state index in [0.717, 1.165) is 25.2 Å². The lowest BCUT2D eigenvalue weighted by Gasteiger charge is -2.23. The van der Waals surface area contributed by atoms with Gasteiger partial charge < -0.3 is 14.7 Å². The van der Waals surface area contributed by atoms with Crippen molar-refractivity contribution in [3.8, 4) is 11.3 Å². The molecule has 4 aromatic rings. The smallest absolute Gasteiger partial charge is 0.266 e. The number of hydrogen-bond donors (Lipinski definition) is 1. The number of carbonyl (C=O) groups excluding carboxylic acids is 1. The lowest BCUT2D eigenvalue weighted by atomic mass is 10.1. The SMILES string of the molecule is CCN(CCCNC(=O)CCn1cnc2onc(-c3ccc(F)cc3)c2c1=O)c1ccccc1. The van der Waals surface area contributed by atoms with Gasteiger partial charge in [-0.1, -0.05) is 23.4 Å². The van der Waals surface area contributed by atoms with Crippen molar-refractivity contribution < 1.29 is 13.7 Å². The monoisotopic (exact) mass is 463 g/mol. The minimum Gasteiger partial charge on any atom is -0.372 e. The van der Waals surface area contributed by atoms with E-state index in [1.807, 2.05) is 18.2 Å². The number of aromatic nitrogens is 3. The van der Waals surface area contributed by atoms with Crippen molar-refractivity contribution in [3.05, 3.63) is 77.1 Å². The third-order valence-corrected chi connectivity index (χ3v) is 5.59. The van der Waals surface area contributed by atoms with Crippen molar-refractivity contribution in [3.63, 3.8) is 0 Å². The average molecular weight is 464 g/mol. The van der Waals surface area contributed by atoms with Gasteiger partial charge >= 0.3 is 0 Å². The van der Waals surface area contributed by atoms with Gasteiger partial charge in [0.2, 0.25) is 5.91 Å². The Labute approximate surface area is 196 Å². The molecule has 2 heterocycles. The molecule has 2 aromatic heterocycles. The lowest BCUT2D eigenvalue weighted by molar-refractivity contribution is -0.121. The summed E-state index contributed by atoms with van der Waals surface area (Å²) < 4.78 is 19.8. The first-order valence-electron chi connectivity index (χ1n) is 11.2. The molecule has 0 unspecified atom stereocenters. The molecule has 0 aliphatic carbocycles. The molecule has 176 valence electrons. The van der Waals surface area contributed by atoms with E-state index in [-0.39, 0.29) is 41.3 Å². The van der Waals surface area contributed by atoms with Gasteiger partial charge in [0.1, 0.15) is 23.2 Å². The van der Waals surface area contributed by atoms with E-state index in [4.69, 9.17) is 4.52 Å². The number of benzene rings is 2. The molecule has 9 heteroatoms. The number of nitrogens with zero attached hydrogens (tertiary/aromatic N) is 4. The highest BCUT2D eigenvalue weighted by molar-refractivity contribution is 5.88. The van der Waals surface area contributed by atoms with Crippen LogP contribution in [-0.2, 0) is 11.3 Å². The van der Waals surface area contributed by atoms with E-state index in [0.29, 0.717) is 17.8 Å². The quantitative estimate of drug-likeness (QED) is 0.361. The van der Waals surface area contributed by atoms with E-state index < -0.39 is 0 Å². The number of para-hydroxylation sites is 1. The molecule has 0 spiro atoms. The van der Waals surface area contributed by atoms with Crippen LogP contribution in [0.15, 0.2) is 70.2 Å². The molecular weight excluding hydrogens is 437 g/mol. The summed E-state index contributed by atoms with van der Waals surface area (Å²) in [5.41, 5.74) is 1.74. The van der Waals surface area contributed by atoms with E-state index in [9.17, 15) is 14.0 Å². The first kappa shape index (κ1) is 23.2. The fourth-order valence-electron chi connectivity index (χ4n) is 3.76. The largest absolute Gasteiger partial charge is 0.372 e. The summed E-state index contributed by atoms with van der Waals surface area (Å²) in [7, 11) is 0. The molecule has 0 aliphatic rings. The molecule has 8 nitrogen and oxygen atoms in total. The fraction of sp³-hybridized carbons (Fsp3) is 0.280. The zero-order chi connectivity index (χ0) is 23.9. The van der Waals surface area contributed by atoms with Gasteiger partial charge in [-0.15, -0.1) is 0 Å². The van der Waals surface area contributed by atoms with Crippen molar-refractivity contribution in [1.82, 2.24) is 20.0 Å². The maximum atomic E-state index is 13.2. The first-order chi connectivity index (χ1) is 16.6. The Morgan fingerprint density at radius 1 is 1.15 bits per heavy atom. The van der Waals surface area contributed by atoms with Gasteiger partial charge in [-0.2, -0.15) is 0 Å². The standard InChI is InChI=1S/C25H26FN5O3/c1-2-30(20-7-4-3-5-8-20)15-6-14-27-21(32)13-16-31-17-28-24-22(25(31)33)23(29-34-24)18-9-11-19(26)12-10-18/h3-5,7-12,17H,2,6,13-16H2,1H3,(H,27,32). The van der Waals surface area contributed by atoms with Gasteiger partial charge in [0, 0.05) is 43.9 Å². The number of amides is 1. The Morgan fingerprint density at radius 3 is 2.65 bits per heavy atom. The van der Waals surface area contributed by atoms with Crippen LogP contribution in [0.25, 0.3) is 22.4 Å². The molecule has 1 N–H and O–H groups in total. The number of nitrogens with one attached hydrogen (secondary N) is 1. The molecule has 0 atom stereocenters. The second kappa shape index (κ2) is 10.7. The van der Waals surface area contributed by atoms with Crippen molar-refractivity contribution in [1.29, 1.82) is 0 Å². The Bertz CT molecular complexity index is 1300. The highest BCUT2D eigenvalue weighted by Crippen LogP contribution is 2.24. The summed E-state index contributed by atoms with van der Waals surface area (Å²) in [6.07, 6.45) is 2.29. The molecule has 2 aromatic carbocycles. The zero-order valence-corrected chi connectivity index (χ0v) is 18.9. The van der Waals surface area contributed by atoms with Crippen molar-refractivity contribution in [2.24, 2.45) is 0 Å². The predicted molar refractivity (Wildman–Crippen MR) is 128 cm³/mol. The van der Waals surface area contributed by atoms with Crippen molar-refractivity contribution >= 4 is 22.7 Å². The lowest BCUT2D eigenvalue weighted by Crippen LogP contribution is -2.31. The molecule has 0 aliphatic heterocycles. The van der Waals surface area contributed by atoms with Crippen molar-refractivity contribution in [2.45, 2.75) is 26.3 Å². The molecule has 0 saturated heterocycles. The summed E-state index contributed by atoms with van der Waals surface area (Å²) in [5, 5.41) is 7.04. The number of fused-ring (bicyclic) bond motifs is 1. The average Bonchev–Trinajstić information content (AvgIpc) is 3.30. The Kier molecular flexibility index (Phi) is 7.31. The van der Waals surface area contributed by atoms with E-state index >= 15 is 0 Å². The maximum absolute atomic E-state index is 13.2. The minimum atomic E-state index is -0.388. The van der Waals surface area contributed by atoms with Gasteiger partial charge in [-0.25, -0.2) is 9.37 Å². The number of carbonyl (C=O) groups is 1. The fourth-order valence-corrected chi connectivity index (χ4v) is 3.76. The second-order valence-electron chi connectivity index (χ2n) is 7.83. The first-order valence-corrected chi connectivity index (χ1v) is 11.2. The predicted octanol–water partition coefficient (Wildman–Crippen LogP) is 3.61. The van der Waals surface area contributed by atoms with Crippen LogP contribution in [-0.4, -0.2) is 40.2 Å². The van der Waals surface area contributed by atoms with E-state index in [1.165, 1.54) is 35.2 Å². The van der Waals surface area contributed by atoms with Crippen LogP contribution in [0.5, 0.6) is 0 Å². The molecule has 0 fully saturated rings. The third-order valence-electron chi connectivity index (χ3n) is 5.59. The number of anilines is 1. The zero-order valence-electron chi connectivity index (χ0n) is 18.9. The van der Waals surface area contributed by atoms with Gasteiger partial charge in [0.15, 0.2) is 0 Å². The van der Waals surface area contributed by atoms with Crippen LogP contribution in [0.4, 0.5) is 10.1 Å². The van der Waals surface area contributed by atoms with Crippen LogP contribution < -0.4 is 15.8 Å². The highest BCUT2D eigenvalue weighted by Gasteiger charge is 2.17. The Hall–Kier alpha value is -4.01. The summed E-state index contributed by atoms with van der Waals surface area (Å²) in [6, 6.07) is 15.8. The van der Waals surface area contributed by atoms with Gasteiger partial charge in [0.25, 0.3) is 11.3 Å². The second-order valence-corrected chi connectivity index (χ2v) is 7.83. The summed E-state index contributed by atoms with van der Waals surface area (Å²) in [5.74, 6) is -0.528. The van der Waals surface area contributed by atoms with Crippen molar-refractivity contribution in [2.75, 3.05) is 24.5 Å². The van der Waals surface area contributed by atoms with E-state index in [2.05, 4.69) is 39.4 Å². The number of halogens is 1. The molecular formula is C25H26FN5O3. The minimum absolute atomic E-state index is 0.101.